The van der Waals surface area contributed by atoms with E-state index in [1.54, 1.807) is 0 Å². The van der Waals surface area contributed by atoms with Crippen LogP contribution in [0, 0.1) is 0 Å². The second-order valence-corrected chi connectivity index (χ2v) is 15.7. The summed E-state index contributed by atoms with van der Waals surface area (Å²) >= 11 is 0. The molecule has 0 aliphatic carbocycles. The number of unbranched alkanes of at least 4 members (excludes halogenated alkanes) is 1. The topological polar surface area (TPSA) is 518 Å². The van der Waals surface area contributed by atoms with Crippen LogP contribution in [0.4, 0.5) is 0 Å². The van der Waals surface area contributed by atoms with Gasteiger partial charge in [0.1, 0.15) is 48.3 Å². The molecule has 29 heteroatoms. The van der Waals surface area contributed by atoms with Gasteiger partial charge in [-0.25, -0.2) is 0 Å². The number of rotatable bonds is 32. The van der Waals surface area contributed by atoms with Crippen LogP contribution in [0.3, 0.4) is 0 Å². The van der Waals surface area contributed by atoms with E-state index in [9.17, 15) is 53.7 Å². The quantitative estimate of drug-likeness (QED) is 0.0169. The van der Waals surface area contributed by atoms with Crippen LogP contribution in [0.2, 0.25) is 0 Å². The summed E-state index contributed by atoms with van der Waals surface area (Å²) in [4.78, 5) is 119. The molecule has 25 N–H and O–H groups in total. The van der Waals surface area contributed by atoms with E-state index in [2.05, 4.69) is 46.9 Å². The Labute approximate surface area is 387 Å². The number of guanidine groups is 3. The minimum atomic E-state index is -1.71. The number of nitrogens with zero attached hydrogens (tertiary/aromatic N) is 4. The number of carboxylic acid groups (broad SMARTS) is 1. The fourth-order valence-corrected chi connectivity index (χ4v) is 6.60. The van der Waals surface area contributed by atoms with E-state index in [0.717, 1.165) is 0 Å². The SMILES string of the molecule is C[C@H](NC(=O)[C@H](CCCN=C(N)N)NC(=O)[C@H](CCCN=C(N)N)NC(=O)[C@H](CO)NC(=O)[C@H](CCCCN)NC(=O)[C@H](CCCN=C(N)N)NC(=O)[C@@H]1CCCN1C(=O)[C@@H](N)CO)C(=O)O. The van der Waals surface area contributed by atoms with Gasteiger partial charge in [-0.15, -0.1) is 0 Å². The summed E-state index contributed by atoms with van der Waals surface area (Å²) in [5, 5.41) is 44.0. The van der Waals surface area contributed by atoms with Crippen molar-refractivity contribution in [3.8, 4) is 0 Å². The summed E-state index contributed by atoms with van der Waals surface area (Å²) in [6, 6.07) is -10.8. The molecule has 1 fully saturated rings. The monoisotopic (exact) mass is 957 g/mol. The highest BCUT2D eigenvalue weighted by molar-refractivity contribution is 5.97. The molecule has 0 aromatic carbocycles. The van der Waals surface area contributed by atoms with Gasteiger partial charge >= 0.3 is 5.97 Å². The second-order valence-electron chi connectivity index (χ2n) is 15.7. The van der Waals surface area contributed by atoms with Crippen molar-refractivity contribution in [2.75, 3.05) is 45.9 Å². The summed E-state index contributed by atoms with van der Waals surface area (Å²) < 4.78 is 0. The van der Waals surface area contributed by atoms with Crippen LogP contribution in [0.25, 0.3) is 0 Å². The number of nitrogens with two attached hydrogens (primary N) is 8. The molecule has 1 aliphatic heterocycles. The van der Waals surface area contributed by atoms with Crippen molar-refractivity contribution >= 4 is 65.2 Å². The number of aliphatic carboxylic acids is 1. The Morgan fingerprint density at radius 1 is 0.582 bits per heavy atom. The third-order valence-corrected chi connectivity index (χ3v) is 10.2. The predicted octanol–water partition coefficient (Wildman–Crippen LogP) is -8.41. The van der Waals surface area contributed by atoms with Gasteiger partial charge in [0.25, 0.3) is 0 Å². The van der Waals surface area contributed by atoms with Gasteiger partial charge in [0.05, 0.1) is 13.2 Å². The van der Waals surface area contributed by atoms with E-state index in [-0.39, 0.29) is 102 Å². The Morgan fingerprint density at radius 3 is 1.36 bits per heavy atom. The third kappa shape index (κ3) is 22.4. The lowest BCUT2D eigenvalue weighted by Gasteiger charge is -2.29. The Hall–Kier alpha value is -6.59. The van der Waals surface area contributed by atoms with E-state index in [1.165, 1.54) is 11.8 Å². The molecule has 7 amide bonds. The largest absolute Gasteiger partial charge is 0.480 e. The predicted molar refractivity (Wildman–Crippen MR) is 244 cm³/mol. The Bertz CT molecular complexity index is 1740. The molecular formula is C38H72N18O11. The van der Waals surface area contributed by atoms with Crippen molar-refractivity contribution in [3.05, 3.63) is 0 Å². The first kappa shape index (κ1) is 58.4. The zero-order chi connectivity index (χ0) is 50.6. The smallest absolute Gasteiger partial charge is 0.325 e. The van der Waals surface area contributed by atoms with Crippen LogP contribution in [-0.4, -0.2) is 180 Å². The van der Waals surface area contributed by atoms with Gasteiger partial charge in [-0.2, -0.15) is 0 Å². The summed E-state index contributed by atoms with van der Waals surface area (Å²) in [5.41, 5.74) is 43.9. The standard InChI is InChI=1S/C38H72N18O11/c1-20(35(66)67)50-28(59)23(9-4-14-47-36(41)42)52-29(60)24(10-5-15-48-37(43)44)53-32(63)26(19-58)55-31(62)22(8-2-3-13-39)51-30(61)25(11-6-16-49-38(45)46)54-33(64)27-12-7-17-56(27)34(65)21(40)18-57/h20-27,57-58H,2-19,39-40H2,1H3,(H,50,59)(H,51,61)(H,52,60)(H,53,63)(H,54,64)(H,55,62)(H,66,67)(H4,41,42,47)(H4,43,44,48)(H4,45,46,49)/t20-,21-,22-,23-,24-,25-,26-,27-/m0/s1. The molecule has 1 heterocycles. The maximum absolute atomic E-state index is 13.9. The van der Waals surface area contributed by atoms with Gasteiger partial charge in [0.15, 0.2) is 17.9 Å². The number of hydrogen-bond acceptors (Lipinski definition) is 15. The highest BCUT2D eigenvalue weighted by Crippen LogP contribution is 2.19. The number of hydrogen-bond donors (Lipinski definition) is 17. The van der Waals surface area contributed by atoms with Gasteiger partial charge in [0, 0.05) is 26.2 Å². The van der Waals surface area contributed by atoms with Crippen molar-refractivity contribution < 1.29 is 53.7 Å². The van der Waals surface area contributed by atoms with Crippen molar-refractivity contribution in [1.82, 2.24) is 36.8 Å². The molecular weight excluding hydrogens is 885 g/mol. The lowest BCUT2D eigenvalue weighted by atomic mass is 10.0. The zero-order valence-corrected chi connectivity index (χ0v) is 37.9. The van der Waals surface area contributed by atoms with Crippen molar-refractivity contribution in [3.63, 3.8) is 0 Å². The minimum Gasteiger partial charge on any atom is -0.480 e. The normalized spacial score (nSPS) is 16.3. The first-order chi connectivity index (χ1) is 31.7. The number of amides is 7. The maximum atomic E-state index is 13.9. The summed E-state index contributed by atoms with van der Waals surface area (Å²) in [6.45, 7) is 0.118. The number of aliphatic imine (C=N–C) groups is 3. The van der Waals surface area contributed by atoms with E-state index in [4.69, 9.17) is 45.9 Å². The maximum Gasteiger partial charge on any atom is 0.325 e. The average Bonchev–Trinajstić information content (AvgIpc) is 3.77. The van der Waals surface area contributed by atoms with Crippen molar-refractivity contribution in [2.24, 2.45) is 60.8 Å². The molecule has 67 heavy (non-hydrogen) atoms. The summed E-state index contributed by atoms with van der Waals surface area (Å²) in [7, 11) is 0. The van der Waals surface area contributed by atoms with E-state index >= 15 is 0 Å². The van der Waals surface area contributed by atoms with E-state index < -0.39 is 109 Å². The number of likely N-dealkylation sites (tertiary alicyclic amines) is 1. The molecule has 0 saturated carbocycles. The van der Waals surface area contributed by atoms with Gasteiger partial charge in [-0.1, -0.05) is 0 Å². The number of carbonyl (C=O) groups excluding carboxylic acids is 7. The molecule has 29 nitrogen and oxygen atoms in total. The molecule has 1 rings (SSSR count). The van der Waals surface area contributed by atoms with Crippen molar-refractivity contribution in [1.29, 1.82) is 0 Å². The minimum absolute atomic E-state index is 0.00946. The van der Waals surface area contributed by atoms with Crippen LogP contribution >= 0.6 is 0 Å². The first-order valence-corrected chi connectivity index (χ1v) is 21.9. The number of aliphatic hydroxyl groups excluding tert-OH is 2. The highest BCUT2D eigenvalue weighted by Gasteiger charge is 2.38. The molecule has 8 atom stereocenters. The number of carboxylic acids is 1. The number of aliphatic hydroxyl groups is 2. The van der Waals surface area contributed by atoms with Crippen LogP contribution < -0.4 is 77.8 Å². The average molecular weight is 957 g/mol. The fraction of sp³-hybridized carbons (Fsp3) is 0.711. The molecule has 0 unspecified atom stereocenters. The molecule has 0 aromatic rings. The Morgan fingerprint density at radius 2 is 0.970 bits per heavy atom. The summed E-state index contributed by atoms with van der Waals surface area (Å²) in [6.07, 6.45) is 1.61. The van der Waals surface area contributed by atoms with Gasteiger partial charge < -0.3 is 98.0 Å². The summed E-state index contributed by atoms with van der Waals surface area (Å²) in [5.74, 6) is -7.97. The lowest BCUT2D eigenvalue weighted by molar-refractivity contribution is -0.142. The number of nitrogens with one attached hydrogen (secondary N) is 6. The molecule has 0 radical (unpaired) electrons. The van der Waals surface area contributed by atoms with Crippen molar-refractivity contribution in [2.45, 2.75) is 126 Å². The molecule has 380 valence electrons. The third-order valence-electron chi connectivity index (χ3n) is 10.2. The zero-order valence-electron chi connectivity index (χ0n) is 37.9. The molecule has 0 aromatic heterocycles. The van der Waals surface area contributed by atoms with E-state index in [1.807, 2.05) is 0 Å². The van der Waals surface area contributed by atoms with Crippen LogP contribution in [0.15, 0.2) is 15.0 Å². The molecule has 0 bridgehead atoms. The molecule has 1 aliphatic rings. The van der Waals surface area contributed by atoms with Crippen LogP contribution in [0.5, 0.6) is 0 Å². The number of carbonyl (C=O) groups is 8. The first-order valence-electron chi connectivity index (χ1n) is 21.9. The van der Waals surface area contributed by atoms with Crippen LogP contribution in [0.1, 0.15) is 77.6 Å². The molecule has 0 spiro atoms. The molecule has 1 saturated heterocycles. The Balaban J connectivity index is 3.40. The van der Waals surface area contributed by atoms with E-state index in [0.29, 0.717) is 19.3 Å². The second kappa shape index (κ2) is 31.3. The Kier molecular flexibility index (Phi) is 27.3. The van der Waals surface area contributed by atoms with Gasteiger partial charge in [-0.05, 0) is 84.1 Å². The van der Waals surface area contributed by atoms with Gasteiger partial charge in [-0.3, -0.25) is 53.3 Å². The lowest BCUT2D eigenvalue weighted by Crippen LogP contribution is -2.60. The van der Waals surface area contributed by atoms with Gasteiger partial charge in [0.2, 0.25) is 41.4 Å². The highest BCUT2D eigenvalue weighted by atomic mass is 16.4. The van der Waals surface area contributed by atoms with Crippen LogP contribution in [-0.2, 0) is 38.4 Å². The fourth-order valence-electron chi connectivity index (χ4n) is 6.60.